The molecule has 87 heavy (non-hydrogen) atoms. The third kappa shape index (κ3) is 13.3. The Morgan fingerprint density at radius 3 is 2.44 bits per heavy atom. The summed E-state index contributed by atoms with van der Waals surface area (Å²) in [4.78, 5) is 82.1. The highest BCUT2D eigenvalue weighted by Crippen LogP contribution is 2.44. The second-order valence-corrected chi connectivity index (χ2v) is 27.3. The first kappa shape index (κ1) is 59.6. The van der Waals surface area contributed by atoms with Gasteiger partial charge < -0.3 is 24.8 Å². The van der Waals surface area contributed by atoms with E-state index in [9.17, 15) is 37.7 Å². The predicted octanol–water partition coefficient (Wildman–Crippen LogP) is 9.76. The van der Waals surface area contributed by atoms with E-state index < -0.39 is 43.4 Å². The lowest BCUT2D eigenvalue weighted by atomic mass is 9.72. The lowest BCUT2D eigenvalue weighted by Gasteiger charge is -2.45. The van der Waals surface area contributed by atoms with Crippen LogP contribution in [-0.2, 0) is 32.7 Å². The molecule has 0 radical (unpaired) electrons. The Morgan fingerprint density at radius 2 is 1.68 bits per heavy atom. The van der Waals surface area contributed by atoms with Crippen LogP contribution in [0.4, 0.5) is 17.1 Å². The number of ether oxygens (including phenoxy) is 1. The van der Waals surface area contributed by atoms with Crippen molar-refractivity contribution in [2.45, 2.75) is 115 Å². The Labute approximate surface area is 511 Å². The van der Waals surface area contributed by atoms with Gasteiger partial charge in [-0.3, -0.25) is 49.3 Å². The number of piperidine rings is 1. The van der Waals surface area contributed by atoms with Crippen molar-refractivity contribution >= 4 is 78.9 Å². The predicted molar refractivity (Wildman–Crippen MR) is 333 cm³/mol. The van der Waals surface area contributed by atoms with Gasteiger partial charge in [0.2, 0.25) is 11.8 Å². The van der Waals surface area contributed by atoms with Gasteiger partial charge in [0, 0.05) is 130 Å². The normalized spacial score (nSPS) is 22.3. The standard InChI is InChI=1S/C65H74ClN11O9S/c1-41-37-75(29-28-74(41)38-43-6-15-53-47(30-43)40-76(64(53)81)57-18-19-60(78)70-63(57)80)49-11-4-42(5-12-49)35-68-56-17-14-52(33-58(56)77(82)83)87(84,85)71-62(79)54-16-13-50(32-59(54)86-51-31-45-21-23-67-61(45)69-36-51)73-26-24-72(25-27-73)39-46-20-22-65(2,3)34-55(46)44-7-9-48(66)10-8-44/h6-10,13-17,21,23,30-33,36,41-42,49,57,68H,4-5,11-12,18-20,22,24-29,34-35,37-40H2,1-3H3,(H,67,69)(H,71,79)(H,70,78,80)/t41-,42-,49+,57?/m0/s1. The molecular weight excluding hydrogens is 1150 g/mol. The van der Waals surface area contributed by atoms with Crippen LogP contribution in [0.25, 0.3) is 16.6 Å². The molecule has 20 nitrogen and oxygen atoms in total. The van der Waals surface area contributed by atoms with Crippen molar-refractivity contribution in [1.82, 2.24) is 39.6 Å². The minimum absolute atomic E-state index is 0.0496. The van der Waals surface area contributed by atoms with Crippen molar-refractivity contribution in [3.8, 4) is 11.5 Å². The van der Waals surface area contributed by atoms with Crippen molar-refractivity contribution in [2.24, 2.45) is 11.3 Å². The summed E-state index contributed by atoms with van der Waals surface area (Å²) in [5, 5.41) is 19.7. The number of nitro groups is 1. The number of carbonyl (C=O) groups is 4. The molecule has 4 aliphatic heterocycles. The third-order valence-electron chi connectivity index (χ3n) is 18.7. The summed E-state index contributed by atoms with van der Waals surface area (Å²) in [5.74, 6) is -1.16. The van der Waals surface area contributed by atoms with Gasteiger partial charge in [-0.2, -0.15) is 0 Å². The first-order chi connectivity index (χ1) is 41.8. The van der Waals surface area contributed by atoms with Crippen LogP contribution in [0.3, 0.4) is 0 Å². The van der Waals surface area contributed by atoms with Gasteiger partial charge in [-0.05, 0) is 146 Å². The molecule has 4 aromatic carbocycles. The number of anilines is 2. The van der Waals surface area contributed by atoms with Crippen molar-refractivity contribution in [3.63, 3.8) is 0 Å². The maximum atomic E-state index is 14.2. The van der Waals surface area contributed by atoms with Crippen molar-refractivity contribution in [1.29, 1.82) is 0 Å². The number of imide groups is 1. The monoisotopic (exact) mass is 1220 g/mol. The number of amides is 4. The Kier molecular flexibility index (Phi) is 17.0. The summed E-state index contributed by atoms with van der Waals surface area (Å²) in [5.41, 5.74) is 8.08. The highest BCUT2D eigenvalue weighted by Gasteiger charge is 2.40. The molecule has 2 atom stereocenters. The number of nitrogens with one attached hydrogen (secondary N) is 4. The Balaban J connectivity index is 0.651. The van der Waals surface area contributed by atoms with Gasteiger partial charge in [-0.25, -0.2) is 18.1 Å². The van der Waals surface area contributed by atoms with E-state index in [2.05, 4.69) is 83.9 Å². The lowest BCUT2D eigenvalue weighted by Crippen LogP contribution is -2.55. The molecule has 12 rings (SSSR count). The van der Waals surface area contributed by atoms with E-state index in [1.165, 1.54) is 35.0 Å². The van der Waals surface area contributed by atoms with Gasteiger partial charge in [-0.15, -0.1) is 0 Å². The van der Waals surface area contributed by atoms with Crippen LogP contribution in [-0.4, -0.2) is 144 Å². The molecule has 2 aliphatic carbocycles. The fourth-order valence-corrected chi connectivity index (χ4v) is 14.8. The van der Waals surface area contributed by atoms with Crippen LogP contribution >= 0.6 is 11.6 Å². The zero-order valence-corrected chi connectivity index (χ0v) is 50.9. The Hall–Kier alpha value is -7.69. The van der Waals surface area contributed by atoms with Gasteiger partial charge in [-0.1, -0.05) is 55.3 Å². The number of rotatable bonds is 17. The maximum Gasteiger partial charge on any atom is 0.293 e. The number of benzene rings is 4. The van der Waals surface area contributed by atoms with Crippen molar-refractivity contribution in [2.75, 3.05) is 69.1 Å². The summed E-state index contributed by atoms with van der Waals surface area (Å²) in [6.45, 7) is 15.1. The van der Waals surface area contributed by atoms with Crippen LogP contribution in [0, 0.1) is 21.4 Å². The molecule has 6 aromatic rings. The van der Waals surface area contributed by atoms with Crippen LogP contribution < -0.4 is 25.0 Å². The number of carbonyl (C=O) groups excluding carboxylic acids is 4. The third-order valence-corrected chi connectivity index (χ3v) is 20.3. The van der Waals surface area contributed by atoms with E-state index in [0.29, 0.717) is 61.6 Å². The highest BCUT2D eigenvalue weighted by atomic mass is 35.5. The largest absolute Gasteiger partial charge is 0.455 e. The molecule has 4 fully saturated rings. The molecule has 0 bridgehead atoms. The summed E-state index contributed by atoms with van der Waals surface area (Å²) >= 11 is 6.28. The van der Waals surface area contributed by atoms with E-state index >= 15 is 0 Å². The molecule has 3 saturated heterocycles. The number of sulfonamides is 1. The number of halogens is 1. The quantitative estimate of drug-likeness (QED) is 0.0378. The van der Waals surface area contributed by atoms with Gasteiger partial charge in [0.25, 0.3) is 27.5 Å². The van der Waals surface area contributed by atoms with Crippen LogP contribution in [0.15, 0.2) is 114 Å². The number of allylic oxidation sites excluding steroid dienone is 1. The molecule has 456 valence electrons. The number of hydrogen-bond donors (Lipinski definition) is 4. The molecule has 2 aromatic heterocycles. The minimum Gasteiger partial charge on any atom is -0.455 e. The first-order valence-corrected chi connectivity index (χ1v) is 32.2. The zero-order chi connectivity index (χ0) is 60.7. The molecule has 0 spiro atoms. The van der Waals surface area contributed by atoms with Crippen LogP contribution in [0.2, 0.25) is 5.02 Å². The SMILES string of the molecule is C[C@H]1CN([C@H]2CC[C@@H](CNc3ccc(S(=O)(=O)NC(=O)c4ccc(N5CCN(CC6=C(c7ccc(Cl)cc7)CC(C)(C)CC6)CC5)cc4Oc4cnc5[nH]ccc5c4)cc3[N+](=O)[O-])CC2)CCN1Cc1ccc2c(c1)CN(C1CCC(=O)NC1=O)C2=O. The zero-order valence-electron chi connectivity index (χ0n) is 49.4. The average molecular weight is 1220 g/mol. The molecule has 22 heteroatoms. The van der Waals surface area contributed by atoms with E-state index in [-0.39, 0.29) is 46.6 Å². The second kappa shape index (κ2) is 24.8. The Bertz CT molecular complexity index is 3800. The fraction of sp³-hybridized carbons (Fsp3) is 0.431. The van der Waals surface area contributed by atoms with Crippen LogP contribution in [0.1, 0.15) is 116 Å². The van der Waals surface area contributed by atoms with Gasteiger partial charge in [0.15, 0.2) is 0 Å². The average Bonchev–Trinajstić information content (AvgIpc) is 2.61. The van der Waals surface area contributed by atoms with E-state index in [1.807, 2.05) is 30.3 Å². The maximum absolute atomic E-state index is 14.2. The highest BCUT2D eigenvalue weighted by molar-refractivity contribution is 7.90. The minimum atomic E-state index is -4.63. The number of aromatic amines is 1. The molecule has 6 heterocycles. The van der Waals surface area contributed by atoms with E-state index in [4.69, 9.17) is 16.3 Å². The van der Waals surface area contributed by atoms with Gasteiger partial charge in [0.1, 0.15) is 28.9 Å². The van der Waals surface area contributed by atoms with Gasteiger partial charge in [0.05, 0.1) is 21.6 Å². The summed E-state index contributed by atoms with van der Waals surface area (Å²) in [7, 11) is -4.63. The Morgan fingerprint density at radius 1 is 0.885 bits per heavy atom. The molecular formula is C65H74ClN11O9S. The first-order valence-electron chi connectivity index (χ1n) is 30.3. The van der Waals surface area contributed by atoms with Crippen LogP contribution in [0.5, 0.6) is 11.5 Å². The number of aromatic nitrogens is 2. The fourth-order valence-electron chi connectivity index (χ4n) is 13.7. The number of nitrogens with zero attached hydrogens (tertiary/aromatic N) is 7. The number of hydrogen-bond acceptors (Lipinski definition) is 15. The van der Waals surface area contributed by atoms with Crippen molar-refractivity contribution < 1.29 is 37.3 Å². The molecule has 1 unspecified atom stereocenters. The smallest absolute Gasteiger partial charge is 0.293 e. The van der Waals surface area contributed by atoms with E-state index in [1.54, 1.807) is 35.4 Å². The molecule has 4 N–H and O–H groups in total. The summed E-state index contributed by atoms with van der Waals surface area (Å²) < 4.78 is 36.6. The molecule has 6 aliphatic rings. The summed E-state index contributed by atoms with van der Waals surface area (Å²) in [6, 6.07) is 26.5. The molecule has 1 saturated carbocycles. The lowest BCUT2D eigenvalue weighted by molar-refractivity contribution is -0.384. The second-order valence-electron chi connectivity index (χ2n) is 25.2. The van der Waals surface area contributed by atoms with Crippen molar-refractivity contribution in [3.05, 3.63) is 152 Å². The number of H-pyrrole nitrogens is 1. The number of pyridine rings is 1. The number of fused-ring (bicyclic) bond motifs is 2. The number of piperazine rings is 2. The topological polar surface area (TPSA) is 236 Å². The number of nitro benzene ring substituents is 1. The summed E-state index contributed by atoms with van der Waals surface area (Å²) in [6.07, 6.45) is 10.8. The molecule has 4 amide bonds. The van der Waals surface area contributed by atoms with Gasteiger partial charge >= 0.3 is 0 Å². The van der Waals surface area contributed by atoms with E-state index in [0.717, 1.165) is 124 Å².